The number of hydrogen-bond donors (Lipinski definition) is 1. The molecule has 58 valence electrons. The summed E-state index contributed by atoms with van der Waals surface area (Å²) in [6, 6.07) is 4.51. The predicted molar refractivity (Wildman–Crippen MR) is 47.3 cm³/mol. The molecule has 1 aromatic heterocycles. The van der Waals surface area contributed by atoms with E-state index in [1.54, 1.807) is 0 Å². The third-order valence-corrected chi connectivity index (χ3v) is 2.42. The number of halogens is 1. The minimum absolute atomic E-state index is 0.493. The maximum Gasteiger partial charge on any atom is 0.0584 e. The predicted octanol–water partition coefficient (Wildman–Crippen LogP) is 1.88. The van der Waals surface area contributed by atoms with Gasteiger partial charge in [0.2, 0.25) is 0 Å². The van der Waals surface area contributed by atoms with E-state index in [0.717, 1.165) is 16.7 Å². The standard InChI is InChI=1S/C8H9BrN2/c9-6-1-3-11-8(5-6)7-2-4-10-7/h1,3,5,7,10H,2,4H2/t7-/m0/s1. The molecule has 2 rings (SSSR count). The molecule has 1 saturated heterocycles. The molecule has 0 radical (unpaired) electrons. The van der Waals surface area contributed by atoms with Crippen molar-refractivity contribution in [3.05, 3.63) is 28.5 Å². The Hall–Kier alpha value is -0.410. The fourth-order valence-corrected chi connectivity index (χ4v) is 1.51. The second-order valence-corrected chi connectivity index (χ2v) is 3.61. The second kappa shape index (κ2) is 2.91. The van der Waals surface area contributed by atoms with Crippen LogP contribution in [0.3, 0.4) is 0 Å². The van der Waals surface area contributed by atoms with Gasteiger partial charge in [-0.1, -0.05) is 15.9 Å². The molecule has 2 heterocycles. The van der Waals surface area contributed by atoms with E-state index in [-0.39, 0.29) is 0 Å². The van der Waals surface area contributed by atoms with Gasteiger partial charge >= 0.3 is 0 Å². The quantitative estimate of drug-likeness (QED) is 0.770. The molecule has 1 N–H and O–H groups in total. The Kier molecular flexibility index (Phi) is 1.92. The van der Waals surface area contributed by atoms with Gasteiger partial charge in [0.15, 0.2) is 0 Å². The van der Waals surface area contributed by atoms with Gasteiger partial charge in [0, 0.05) is 10.7 Å². The molecule has 0 amide bonds. The first kappa shape index (κ1) is 7.25. The zero-order chi connectivity index (χ0) is 7.68. The number of rotatable bonds is 1. The number of aromatic nitrogens is 1. The van der Waals surface area contributed by atoms with Crippen LogP contribution in [0.25, 0.3) is 0 Å². The summed E-state index contributed by atoms with van der Waals surface area (Å²) in [6.45, 7) is 1.12. The summed E-state index contributed by atoms with van der Waals surface area (Å²) in [5.74, 6) is 0. The lowest BCUT2D eigenvalue weighted by atomic mass is 10.0. The molecule has 11 heavy (non-hydrogen) atoms. The van der Waals surface area contributed by atoms with Crippen molar-refractivity contribution in [2.24, 2.45) is 0 Å². The molecule has 2 nitrogen and oxygen atoms in total. The maximum atomic E-state index is 4.27. The zero-order valence-electron chi connectivity index (χ0n) is 6.05. The number of nitrogens with one attached hydrogen (secondary N) is 1. The van der Waals surface area contributed by atoms with Crippen LogP contribution >= 0.6 is 15.9 Å². The van der Waals surface area contributed by atoms with Gasteiger partial charge in [-0.15, -0.1) is 0 Å². The van der Waals surface area contributed by atoms with E-state index in [0.29, 0.717) is 6.04 Å². The summed E-state index contributed by atoms with van der Waals surface area (Å²) < 4.78 is 1.11. The molecule has 0 bridgehead atoms. The molecule has 1 aliphatic rings. The van der Waals surface area contributed by atoms with Crippen molar-refractivity contribution in [2.75, 3.05) is 6.54 Å². The van der Waals surface area contributed by atoms with Crippen LogP contribution in [0.4, 0.5) is 0 Å². The Morgan fingerprint density at radius 3 is 3.00 bits per heavy atom. The minimum Gasteiger partial charge on any atom is -0.309 e. The summed E-state index contributed by atoms with van der Waals surface area (Å²) in [7, 11) is 0. The number of hydrogen-bond acceptors (Lipinski definition) is 2. The van der Waals surface area contributed by atoms with Gasteiger partial charge in [-0.3, -0.25) is 4.98 Å². The highest BCUT2D eigenvalue weighted by Gasteiger charge is 2.19. The third kappa shape index (κ3) is 1.44. The van der Waals surface area contributed by atoms with E-state index < -0.39 is 0 Å². The van der Waals surface area contributed by atoms with Crippen LogP contribution in [0.15, 0.2) is 22.8 Å². The van der Waals surface area contributed by atoms with E-state index in [1.807, 2.05) is 12.3 Å². The fourth-order valence-electron chi connectivity index (χ4n) is 1.15. The first-order valence-electron chi connectivity index (χ1n) is 3.71. The first-order valence-corrected chi connectivity index (χ1v) is 4.50. The smallest absolute Gasteiger partial charge is 0.0584 e. The summed E-state index contributed by atoms with van der Waals surface area (Å²) in [5, 5.41) is 3.31. The Morgan fingerprint density at radius 2 is 2.45 bits per heavy atom. The lowest BCUT2D eigenvalue weighted by Gasteiger charge is -2.26. The topological polar surface area (TPSA) is 24.9 Å². The lowest BCUT2D eigenvalue weighted by molar-refractivity contribution is 0.375. The van der Waals surface area contributed by atoms with Gasteiger partial charge in [-0.05, 0) is 25.1 Å². The number of pyridine rings is 1. The lowest BCUT2D eigenvalue weighted by Crippen LogP contribution is -2.35. The molecular weight excluding hydrogens is 204 g/mol. The summed E-state index contributed by atoms with van der Waals surface area (Å²) >= 11 is 3.42. The van der Waals surface area contributed by atoms with Gasteiger partial charge in [0.1, 0.15) is 0 Å². The van der Waals surface area contributed by atoms with E-state index in [1.165, 1.54) is 6.42 Å². The normalized spacial score (nSPS) is 22.8. The Balaban J connectivity index is 2.23. The average molecular weight is 213 g/mol. The van der Waals surface area contributed by atoms with Gasteiger partial charge < -0.3 is 5.32 Å². The van der Waals surface area contributed by atoms with Crippen LogP contribution in [0.1, 0.15) is 18.2 Å². The number of nitrogens with zero attached hydrogens (tertiary/aromatic N) is 1. The van der Waals surface area contributed by atoms with E-state index in [2.05, 4.69) is 32.3 Å². The molecule has 0 aromatic carbocycles. The summed E-state index contributed by atoms with van der Waals surface area (Å²) in [5.41, 5.74) is 1.14. The molecule has 1 aromatic rings. The largest absolute Gasteiger partial charge is 0.309 e. The van der Waals surface area contributed by atoms with Crippen molar-refractivity contribution < 1.29 is 0 Å². The van der Waals surface area contributed by atoms with Gasteiger partial charge in [-0.25, -0.2) is 0 Å². The van der Waals surface area contributed by atoms with Crippen LogP contribution in [0, 0.1) is 0 Å². The van der Waals surface area contributed by atoms with E-state index in [9.17, 15) is 0 Å². The highest BCUT2D eigenvalue weighted by molar-refractivity contribution is 9.10. The van der Waals surface area contributed by atoms with Crippen LogP contribution in [0.5, 0.6) is 0 Å². The monoisotopic (exact) mass is 212 g/mol. The average Bonchev–Trinajstić information content (AvgIpc) is 1.83. The minimum atomic E-state index is 0.493. The zero-order valence-corrected chi connectivity index (χ0v) is 7.63. The van der Waals surface area contributed by atoms with Crippen molar-refractivity contribution in [3.63, 3.8) is 0 Å². The second-order valence-electron chi connectivity index (χ2n) is 2.69. The molecule has 0 spiro atoms. The fraction of sp³-hybridized carbons (Fsp3) is 0.375. The first-order chi connectivity index (χ1) is 5.36. The molecular formula is C8H9BrN2. The van der Waals surface area contributed by atoms with Crippen LogP contribution in [0.2, 0.25) is 0 Å². The van der Waals surface area contributed by atoms with Gasteiger partial charge in [0.25, 0.3) is 0 Å². The van der Waals surface area contributed by atoms with Gasteiger partial charge in [-0.2, -0.15) is 0 Å². The van der Waals surface area contributed by atoms with Crippen LogP contribution in [-0.4, -0.2) is 11.5 Å². The van der Waals surface area contributed by atoms with E-state index in [4.69, 9.17) is 0 Å². The molecule has 0 saturated carbocycles. The van der Waals surface area contributed by atoms with Crippen molar-refractivity contribution in [1.29, 1.82) is 0 Å². The molecule has 0 aliphatic carbocycles. The molecule has 3 heteroatoms. The molecule has 0 unspecified atom stereocenters. The van der Waals surface area contributed by atoms with Crippen LogP contribution in [-0.2, 0) is 0 Å². The van der Waals surface area contributed by atoms with Gasteiger partial charge in [0.05, 0.1) is 11.7 Å². The molecule has 1 atom stereocenters. The Labute approximate surface area is 74.2 Å². The summed E-state index contributed by atoms with van der Waals surface area (Å²) in [4.78, 5) is 4.27. The highest BCUT2D eigenvalue weighted by Crippen LogP contribution is 2.22. The third-order valence-electron chi connectivity index (χ3n) is 1.92. The SMILES string of the molecule is Brc1ccnc([C@@H]2CCN2)c1. The maximum absolute atomic E-state index is 4.27. The Bertz CT molecular complexity index is 258. The van der Waals surface area contributed by atoms with E-state index >= 15 is 0 Å². The highest BCUT2D eigenvalue weighted by atomic mass is 79.9. The summed E-state index contributed by atoms with van der Waals surface area (Å²) in [6.07, 6.45) is 3.04. The van der Waals surface area contributed by atoms with Crippen molar-refractivity contribution in [2.45, 2.75) is 12.5 Å². The molecule has 1 aliphatic heterocycles. The van der Waals surface area contributed by atoms with Crippen LogP contribution < -0.4 is 5.32 Å². The Morgan fingerprint density at radius 1 is 1.64 bits per heavy atom. The van der Waals surface area contributed by atoms with Crippen molar-refractivity contribution in [3.8, 4) is 0 Å². The molecule has 1 fully saturated rings. The van der Waals surface area contributed by atoms with Crippen molar-refractivity contribution >= 4 is 15.9 Å². The van der Waals surface area contributed by atoms with Crippen molar-refractivity contribution in [1.82, 2.24) is 10.3 Å².